The number of carbonyl (C=O) groups excluding carboxylic acids is 2. The van der Waals surface area contributed by atoms with Crippen molar-refractivity contribution >= 4 is 33.2 Å². The Morgan fingerprint density at radius 1 is 1.29 bits per heavy atom. The summed E-state index contributed by atoms with van der Waals surface area (Å²) in [5.41, 5.74) is 0.951. The van der Waals surface area contributed by atoms with Crippen molar-refractivity contribution in [3.63, 3.8) is 0 Å². The van der Waals surface area contributed by atoms with E-state index in [0.29, 0.717) is 6.54 Å². The number of esters is 1. The number of benzene rings is 1. The van der Waals surface area contributed by atoms with Crippen LogP contribution >= 0.6 is 11.3 Å². The van der Waals surface area contributed by atoms with Crippen molar-refractivity contribution < 1.29 is 22.7 Å². The van der Waals surface area contributed by atoms with E-state index in [2.05, 4.69) is 5.32 Å². The van der Waals surface area contributed by atoms with Gasteiger partial charge in [-0.2, -0.15) is 0 Å². The zero-order chi connectivity index (χ0) is 17.7. The molecule has 0 aliphatic heterocycles. The number of ether oxygens (including phenoxy) is 1. The van der Waals surface area contributed by atoms with E-state index < -0.39 is 28.0 Å². The summed E-state index contributed by atoms with van der Waals surface area (Å²) in [6.07, 6.45) is -1.01. The van der Waals surface area contributed by atoms with Crippen molar-refractivity contribution in [2.24, 2.45) is 5.14 Å². The van der Waals surface area contributed by atoms with Crippen LogP contribution in [0.25, 0.3) is 0 Å². The molecular weight excluding hydrogens is 352 g/mol. The standard InChI is InChI=1S/C15H16N2O5S2/c1-10(14(18)17-8-11-5-3-2-4-6-11)22-15(19)12-7-13(23-9-12)24(16,20)21/h2-7,9-10H,8H2,1H3,(H,17,18)(H2,16,20,21)/t10-/m1/s1. The smallest absolute Gasteiger partial charge is 0.339 e. The minimum atomic E-state index is -3.87. The predicted molar refractivity (Wildman–Crippen MR) is 88.9 cm³/mol. The molecular formula is C15H16N2O5S2. The fourth-order valence-electron chi connectivity index (χ4n) is 1.78. The van der Waals surface area contributed by atoms with E-state index in [4.69, 9.17) is 9.88 Å². The third-order valence-corrected chi connectivity index (χ3v) is 5.44. The Bertz CT molecular complexity index is 831. The molecule has 7 nitrogen and oxygen atoms in total. The van der Waals surface area contributed by atoms with E-state index in [1.54, 1.807) is 0 Å². The van der Waals surface area contributed by atoms with E-state index in [1.807, 2.05) is 30.3 Å². The van der Waals surface area contributed by atoms with Crippen LogP contribution in [0, 0.1) is 0 Å². The van der Waals surface area contributed by atoms with Gasteiger partial charge in [0, 0.05) is 11.9 Å². The van der Waals surface area contributed by atoms with E-state index in [0.717, 1.165) is 23.0 Å². The molecule has 0 radical (unpaired) electrons. The molecule has 128 valence electrons. The van der Waals surface area contributed by atoms with Crippen molar-refractivity contribution in [2.45, 2.75) is 23.8 Å². The molecule has 0 saturated heterocycles. The van der Waals surface area contributed by atoms with E-state index in [9.17, 15) is 18.0 Å². The summed E-state index contributed by atoms with van der Waals surface area (Å²) in [5, 5.41) is 8.95. The number of carbonyl (C=O) groups is 2. The number of amides is 1. The highest BCUT2D eigenvalue weighted by molar-refractivity contribution is 7.91. The van der Waals surface area contributed by atoms with E-state index in [1.165, 1.54) is 12.3 Å². The van der Waals surface area contributed by atoms with Gasteiger partial charge in [0.15, 0.2) is 6.10 Å². The normalized spacial score (nSPS) is 12.4. The lowest BCUT2D eigenvalue weighted by atomic mass is 10.2. The molecule has 1 heterocycles. The van der Waals surface area contributed by atoms with Crippen molar-refractivity contribution in [1.82, 2.24) is 5.32 Å². The maximum atomic E-state index is 11.9. The quantitative estimate of drug-likeness (QED) is 0.745. The topological polar surface area (TPSA) is 116 Å². The van der Waals surface area contributed by atoms with Crippen LogP contribution < -0.4 is 10.5 Å². The summed E-state index contributed by atoms with van der Waals surface area (Å²) in [4.78, 5) is 23.9. The van der Waals surface area contributed by atoms with Gasteiger partial charge in [-0.05, 0) is 18.6 Å². The highest BCUT2D eigenvalue weighted by atomic mass is 32.2. The molecule has 0 spiro atoms. The minimum Gasteiger partial charge on any atom is -0.449 e. The highest BCUT2D eigenvalue weighted by Crippen LogP contribution is 2.19. The Balaban J connectivity index is 1.91. The Morgan fingerprint density at radius 2 is 1.96 bits per heavy atom. The largest absolute Gasteiger partial charge is 0.449 e. The third-order valence-electron chi connectivity index (χ3n) is 3.05. The molecule has 1 aromatic carbocycles. The van der Waals surface area contributed by atoms with Crippen LogP contribution in [-0.4, -0.2) is 26.4 Å². The maximum Gasteiger partial charge on any atom is 0.339 e. The Hall–Kier alpha value is -2.23. The van der Waals surface area contributed by atoms with Crippen molar-refractivity contribution in [3.05, 3.63) is 52.9 Å². The maximum absolute atomic E-state index is 11.9. The number of sulfonamides is 1. The number of hydrogen-bond acceptors (Lipinski definition) is 6. The molecule has 2 aromatic rings. The average Bonchev–Trinajstić information content (AvgIpc) is 3.04. The molecule has 1 aromatic heterocycles. The van der Waals surface area contributed by atoms with Gasteiger partial charge in [0.05, 0.1) is 5.56 Å². The molecule has 9 heteroatoms. The SMILES string of the molecule is C[C@@H](OC(=O)c1csc(S(N)(=O)=O)c1)C(=O)NCc1ccccc1. The molecule has 0 fully saturated rings. The number of nitrogens with two attached hydrogens (primary N) is 1. The van der Waals surface area contributed by atoms with Gasteiger partial charge in [-0.25, -0.2) is 18.4 Å². The van der Waals surface area contributed by atoms with Gasteiger partial charge in [0.2, 0.25) is 10.0 Å². The van der Waals surface area contributed by atoms with Gasteiger partial charge in [0.25, 0.3) is 5.91 Å². The van der Waals surface area contributed by atoms with Gasteiger partial charge in [-0.15, -0.1) is 11.3 Å². The summed E-state index contributed by atoms with van der Waals surface area (Å²) in [6, 6.07) is 10.4. The molecule has 0 saturated carbocycles. The zero-order valence-electron chi connectivity index (χ0n) is 12.8. The van der Waals surface area contributed by atoms with E-state index >= 15 is 0 Å². The summed E-state index contributed by atoms with van der Waals surface area (Å²) >= 11 is 0.813. The lowest BCUT2D eigenvalue weighted by Gasteiger charge is -2.13. The number of rotatable bonds is 6. The Morgan fingerprint density at radius 3 is 2.54 bits per heavy atom. The van der Waals surface area contributed by atoms with Gasteiger partial charge in [-0.1, -0.05) is 30.3 Å². The number of thiophene rings is 1. The Kier molecular flexibility index (Phi) is 5.71. The molecule has 0 unspecified atom stereocenters. The minimum absolute atomic E-state index is 0.0340. The predicted octanol–water partition coefficient (Wildman–Crippen LogP) is 1.26. The molecule has 0 aliphatic carbocycles. The average molecular weight is 368 g/mol. The van der Waals surface area contributed by atoms with Crippen molar-refractivity contribution in [1.29, 1.82) is 0 Å². The number of primary sulfonamides is 1. The van der Waals surface area contributed by atoms with Crippen LogP contribution in [0.1, 0.15) is 22.8 Å². The van der Waals surface area contributed by atoms with Crippen molar-refractivity contribution in [2.75, 3.05) is 0 Å². The molecule has 0 bridgehead atoms. The molecule has 1 atom stereocenters. The fraction of sp³-hybridized carbons (Fsp3) is 0.200. The number of nitrogens with one attached hydrogen (secondary N) is 1. The second kappa shape index (κ2) is 7.56. The monoisotopic (exact) mass is 368 g/mol. The van der Waals surface area contributed by atoms with Crippen LogP contribution in [0.4, 0.5) is 0 Å². The summed E-state index contributed by atoms with van der Waals surface area (Å²) in [5.74, 6) is -1.24. The summed E-state index contributed by atoms with van der Waals surface area (Å²) in [6.45, 7) is 1.75. The second-order valence-corrected chi connectivity index (χ2v) is 7.65. The first kappa shape index (κ1) is 18.1. The molecule has 24 heavy (non-hydrogen) atoms. The lowest BCUT2D eigenvalue weighted by molar-refractivity contribution is -0.129. The van der Waals surface area contributed by atoms with E-state index in [-0.39, 0.29) is 9.77 Å². The first-order valence-electron chi connectivity index (χ1n) is 6.91. The molecule has 2 rings (SSSR count). The van der Waals surface area contributed by atoms with Crippen LogP contribution in [0.3, 0.4) is 0 Å². The second-order valence-electron chi connectivity index (χ2n) is 4.95. The first-order chi connectivity index (χ1) is 11.3. The van der Waals surface area contributed by atoms with Crippen LogP contribution in [0.5, 0.6) is 0 Å². The number of hydrogen-bond donors (Lipinski definition) is 2. The van der Waals surface area contributed by atoms with Crippen LogP contribution in [-0.2, 0) is 26.1 Å². The van der Waals surface area contributed by atoms with Gasteiger partial charge in [0.1, 0.15) is 4.21 Å². The van der Waals surface area contributed by atoms with Crippen LogP contribution in [0.2, 0.25) is 0 Å². The zero-order valence-corrected chi connectivity index (χ0v) is 14.4. The van der Waals surface area contributed by atoms with Gasteiger partial charge >= 0.3 is 5.97 Å². The van der Waals surface area contributed by atoms with Crippen molar-refractivity contribution in [3.8, 4) is 0 Å². The Labute approximate surface area is 143 Å². The first-order valence-corrected chi connectivity index (χ1v) is 9.34. The summed E-state index contributed by atoms with van der Waals surface area (Å²) < 4.78 is 27.3. The lowest BCUT2D eigenvalue weighted by Crippen LogP contribution is -2.35. The highest BCUT2D eigenvalue weighted by Gasteiger charge is 2.21. The van der Waals surface area contributed by atoms with Gasteiger partial charge in [-0.3, -0.25) is 4.79 Å². The third kappa shape index (κ3) is 4.88. The molecule has 1 amide bonds. The van der Waals surface area contributed by atoms with Gasteiger partial charge < -0.3 is 10.1 Å². The summed E-state index contributed by atoms with van der Waals surface area (Å²) in [7, 11) is -3.87. The fourth-order valence-corrected chi connectivity index (χ4v) is 3.36. The van der Waals surface area contributed by atoms with Crippen LogP contribution in [0.15, 0.2) is 46.0 Å². The molecule has 3 N–H and O–H groups in total. The molecule has 0 aliphatic rings.